The molecule has 21 heavy (non-hydrogen) atoms. The number of hydrogen-bond donors (Lipinski definition) is 3. The van der Waals surface area contributed by atoms with Crippen molar-refractivity contribution < 1.29 is 15.3 Å². The maximum Gasteiger partial charge on any atom is 0.143 e. The van der Waals surface area contributed by atoms with Crippen LogP contribution < -0.4 is 0 Å². The van der Waals surface area contributed by atoms with E-state index in [1.807, 2.05) is 24.3 Å². The third kappa shape index (κ3) is 2.49. The SMILES string of the molecule is Oc1ccc(O)c(N=Nc2c(O)ccc3ccccc23)c1. The third-order valence-corrected chi connectivity index (χ3v) is 3.10. The fourth-order valence-electron chi connectivity index (χ4n) is 2.04. The molecule has 0 aromatic heterocycles. The van der Waals surface area contributed by atoms with Crippen LogP contribution in [-0.2, 0) is 0 Å². The summed E-state index contributed by atoms with van der Waals surface area (Å²) < 4.78 is 0. The molecular formula is C16H12N2O3. The van der Waals surface area contributed by atoms with Gasteiger partial charge in [-0.2, -0.15) is 0 Å². The predicted octanol–water partition coefficient (Wildman–Crippen LogP) is 4.37. The molecule has 3 aromatic rings. The molecule has 0 aliphatic rings. The largest absolute Gasteiger partial charge is 0.508 e. The summed E-state index contributed by atoms with van der Waals surface area (Å²) in [7, 11) is 0. The van der Waals surface area contributed by atoms with Gasteiger partial charge < -0.3 is 15.3 Å². The molecule has 5 heteroatoms. The summed E-state index contributed by atoms with van der Waals surface area (Å²) in [6, 6.07) is 14.8. The second kappa shape index (κ2) is 5.13. The molecule has 0 unspecified atom stereocenters. The lowest BCUT2D eigenvalue weighted by Gasteiger charge is -2.04. The molecule has 3 rings (SSSR count). The van der Waals surface area contributed by atoms with Gasteiger partial charge in [0.2, 0.25) is 0 Å². The van der Waals surface area contributed by atoms with Crippen LogP contribution in [0.15, 0.2) is 64.8 Å². The van der Waals surface area contributed by atoms with Crippen molar-refractivity contribution >= 4 is 22.1 Å². The van der Waals surface area contributed by atoms with Gasteiger partial charge in [0.1, 0.15) is 28.6 Å². The van der Waals surface area contributed by atoms with Crippen LogP contribution in [0, 0.1) is 0 Å². The Morgan fingerprint density at radius 1 is 0.714 bits per heavy atom. The molecule has 0 aliphatic carbocycles. The minimum absolute atomic E-state index is 0.00269. The molecule has 0 bridgehead atoms. The lowest BCUT2D eigenvalue weighted by Crippen LogP contribution is -1.75. The molecule has 104 valence electrons. The van der Waals surface area contributed by atoms with Crippen molar-refractivity contribution in [1.29, 1.82) is 0 Å². The van der Waals surface area contributed by atoms with Crippen LogP contribution in [0.2, 0.25) is 0 Å². The van der Waals surface area contributed by atoms with Gasteiger partial charge in [0, 0.05) is 11.5 Å². The van der Waals surface area contributed by atoms with Crippen LogP contribution in [0.3, 0.4) is 0 Å². The van der Waals surface area contributed by atoms with E-state index in [1.165, 1.54) is 18.2 Å². The number of nitrogens with zero attached hydrogens (tertiary/aromatic N) is 2. The van der Waals surface area contributed by atoms with Crippen molar-refractivity contribution in [3.05, 3.63) is 54.6 Å². The first-order valence-electron chi connectivity index (χ1n) is 6.29. The summed E-state index contributed by atoms with van der Waals surface area (Å²) in [5.74, 6) is -0.128. The highest BCUT2D eigenvalue weighted by molar-refractivity contribution is 5.95. The number of phenols is 3. The Labute approximate surface area is 120 Å². The molecule has 0 atom stereocenters. The Morgan fingerprint density at radius 3 is 2.33 bits per heavy atom. The zero-order chi connectivity index (χ0) is 14.8. The Balaban J connectivity index is 2.11. The number of benzene rings is 3. The summed E-state index contributed by atoms with van der Waals surface area (Å²) in [5, 5.41) is 38.6. The lowest BCUT2D eigenvalue weighted by molar-refractivity contribution is 0.461. The first kappa shape index (κ1) is 12.9. The Morgan fingerprint density at radius 2 is 1.48 bits per heavy atom. The highest BCUT2D eigenvalue weighted by atomic mass is 16.3. The molecule has 0 saturated carbocycles. The number of azo groups is 1. The summed E-state index contributed by atoms with van der Waals surface area (Å²) in [6.45, 7) is 0. The fraction of sp³-hybridized carbons (Fsp3) is 0. The first-order valence-corrected chi connectivity index (χ1v) is 6.29. The molecule has 0 fully saturated rings. The monoisotopic (exact) mass is 280 g/mol. The molecule has 0 saturated heterocycles. The van der Waals surface area contributed by atoms with E-state index in [9.17, 15) is 15.3 Å². The standard InChI is InChI=1S/C16H12N2O3/c19-11-6-8-14(20)13(9-11)17-18-16-12-4-2-1-3-10(12)5-7-15(16)21/h1-9,19-21H. The van der Waals surface area contributed by atoms with Crippen LogP contribution in [0.4, 0.5) is 11.4 Å². The van der Waals surface area contributed by atoms with Gasteiger partial charge in [-0.1, -0.05) is 30.3 Å². The predicted molar refractivity (Wildman–Crippen MR) is 79.6 cm³/mol. The van der Waals surface area contributed by atoms with Crippen molar-refractivity contribution in [3.63, 3.8) is 0 Å². The van der Waals surface area contributed by atoms with Crippen LogP contribution in [0.25, 0.3) is 10.8 Å². The van der Waals surface area contributed by atoms with Gasteiger partial charge in [0.15, 0.2) is 0 Å². The first-order chi connectivity index (χ1) is 10.1. The highest BCUT2D eigenvalue weighted by Crippen LogP contribution is 2.37. The van der Waals surface area contributed by atoms with E-state index in [2.05, 4.69) is 10.2 Å². The number of phenolic OH excluding ortho intramolecular Hbond substituents is 3. The maximum atomic E-state index is 9.94. The van der Waals surface area contributed by atoms with Gasteiger partial charge in [-0.3, -0.25) is 0 Å². The normalized spacial score (nSPS) is 11.2. The summed E-state index contributed by atoms with van der Waals surface area (Å²) in [6.07, 6.45) is 0. The number of rotatable bonds is 2. The van der Waals surface area contributed by atoms with E-state index in [-0.39, 0.29) is 22.9 Å². The Bertz CT molecular complexity index is 844. The van der Waals surface area contributed by atoms with E-state index in [4.69, 9.17) is 0 Å². The van der Waals surface area contributed by atoms with Gasteiger partial charge in [-0.25, -0.2) is 0 Å². The zero-order valence-electron chi connectivity index (χ0n) is 10.9. The number of fused-ring (bicyclic) bond motifs is 1. The van der Waals surface area contributed by atoms with Gasteiger partial charge >= 0.3 is 0 Å². The number of aromatic hydroxyl groups is 3. The van der Waals surface area contributed by atoms with E-state index < -0.39 is 0 Å². The molecule has 0 heterocycles. The molecular weight excluding hydrogens is 268 g/mol. The fourth-order valence-corrected chi connectivity index (χ4v) is 2.04. The molecule has 3 N–H and O–H groups in total. The van der Waals surface area contributed by atoms with Crippen molar-refractivity contribution in [1.82, 2.24) is 0 Å². The molecule has 0 spiro atoms. The summed E-state index contributed by atoms with van der Waals surface area (Å²) in [4.78, 5) is 0. The van der Waals surface area contributed by atoms with Gasteiger partial charge in [-0.05, 0) is 23.6 Å². The Kier molecular flexibility index (Phi) is 3.16. The van der Waals surface area contributed by atoms with E-state index in [0.29, 0.717) is 5.69 Å². The topological polar surface area (TPSA) is 85.4 Å². The lowest BCUT2D eigenvalue weighted by atomic mass is 10.1. The zero-order valence-corrected chi connectivity index (χ0v) is 10.9. The van der Waals surface area contributed by atoms with Crippen LogP contribution in [0.1, 0.15) is 0 Å². The van der Waals surface area contributed by atoms with Gasteiger partial charge in [0.25, 0.3) is 0 Å². The quantitative estimate of drug-likeness (QED) is 0.481. The summed E-state index contributed by atoms with van der Waals surface area (Å²) in [5.41, 5.74) is 0.443. The smallest absolute Gasteiger partial charge is 0.143 e. The van der Waals surface area contributed by atoms with Gasteiger partial charge in [-0.15, -0.1) is 10.2 Å². The van der Waals surface area contributed by atoms with Crippen molar-refractivity contribution in [2.75, 3.05) is 0 Å². The molecule has 5 nitrogen and oxygen atoms in total. The molecule has 0 radical (unpaired) electrons. The second-order valence-corrected chi connectivity index (χ2v) is 4.53. The highest BCUT2D eigenvalue weighted by Gasteiger charge is 2.07. The maximum absolute atomic E-state index is 9.94. The average Bonchev–Trinajstić information content (AvgIpc) is 2.49. The van der Waals surface area contributed by atoms with Gasteiger partial charge in [0.05, 0.1) is 0 Å². The van der Waals surface area contributed by atoms with Crippen LogP contribution >= 0.6 is 0 Å². The van der Waals surface area contributed by atoms with E-state index in [0.717, 1.165) is 10.8 Å². The van der Waals surface area contributed by atoms with Crippen LogP contribution in [-0.4, -0.2) is 15.3 Å². The Hall–Kier alpha value is -3.08. The molecule has 0 amide bonds. The van der Waals surface area contributed by atoms with Crippen molar-refractivity contribution in [2.45, 2.75) is 0 Å². The number of hydrogen-bond acceptors (Lipinski definition) is 5. The molecule has 3 aromatic carbocycles. The average molecular weight is 280 g/mol. The van der Waals surface area contributed by atoms with Crippen LogP contribution in [0.5, 0.6) is 17.2 Å². The van der Waals surface area contributed by atoms with E-state index in [1.54, 1.807) is 12.1 Å². The minimum atomic E-state index is -0.101. The van der Waals surface area contributed by atoms with E-state index >= 15 is 0 Å². The van der Waals surface area contributed by atoms with Crippen molar-refractivity contribution in [2.24, 2.45) is 10.2 Å². The minimum Gasteiger partial charge on any atom is -0.508 e. The third-order valence-electron chi connectivity index (χ3n) is 3.10. The molecule has 0 aliphatic heterocycles. The summed E-state index contributed by atoms with van der Waals surface area (Å²) >= 11 is 0. The van der Waals surface area contributed by atoms with Crippen molar-refractivity contribution in [3.8, 4) is 17.2 Å². The second-order valence-electron chi connectivity index (χ2n) is 4.53.